The van der Waals surface area contributed by atoms with Gasteiger partial charge >= 0.3 is 0 Å². The Bertz CT molecular complexity index is 954. The summed E-state index contributed by atoms with van der Waals surface area (Å²) in [6, 6.07) is 21.5. The zero-order chi connectivity index (χ0) is 20.6. The van der Waals surface area contributed by atoms with E-state index < -0.39 is 17.8 Å². The lowest BCUT2D eigenvalue weighted by Crippen LogP contribution is -2.45. The normalized spacial score (nSPS) is 11.5. The Morgan fingerprint density at radius 3 is 2.14 bits per heavy atom. The van der Waals surface area contributed by atoms with Gasteiger partial charge in [0.1, 0.15) is 11.9 Å². The van der Waals surface area contributed by atoms with Crippen LogP contribution in [0.15, 0.2) is 78.9 Å². The number of aryl methyl sites for hydroxylation is 1. The number of hydrogen-bond acceptors (Lipinski definition) is 2. The van der Waals surface area contributed by atoms with Crippen molar-refractivity contribution < 1.29 is 14.0 Å². The third-order valence-electron chi connectivity index (χ3n) is 4.64. The van der Waals surface area contributed by atoms with E-state index in [1.165, 1.54) is 29.8 Å². The van der Waals surface area contributed by atoms with E-state index >= 15 is 0 Å². The minimum atomic E-state index is -0.777. The number of halogens is 1. The lowest BCUT2D eigenvalue weighted by molar-refractivity contribution is -0.118. The maximum absolute atomic E-state index is 13.1. The molecule has 0 saturated carbocycles. The predicted octanol–water partition coefficient (Wildman–Crippen LogP) is 4.37. The number of amides is 2. The van der Waals surface area contributed by atoms with Gasteiger partial charge in [-0.15, -0.1) is 0 Å². The Morgan fingerprint density at radius 1 is 0.862 bits per heavy atom. The fraction of sp³-hybridized carbons (Fsp3) is 0.167. The molecule has 3 aromatic carbocycles. The molecule has 5 heteroatoms. The van der Waals surface area contributed by atoms with Crippen molar-refractivity contribution in [1.29, 1.82) is 0 Å². The van der Waals surface area contributed by atoms with E-state index in [-0.39, 0.29) is 5.91 Å². The highest BCUT2D eigenvalue weighted by Gasteiger charge is 2.22. The number of hydrogen-bond donors (Lipinski definition) is 2. The summed E-state index contributed by atoms with van der Waals surface area (Å²) in [5, 5.41) is 5.64. The van der Waals surface area contributed by atoms with Gasteiger partial charge in [0.05, 0.1) is 0 Å². The lowest BCUT2D eigenvalue weighted by atomic mass is 10.0. The molecule has 0 bridgehead atoms. The van der Waals surface area contributed by atoms with Gasteiger partial charge < -0.3 is 10.6 Å². The van der Waals surface area contributed by atoms with Crippen molar-refractivity contribution >= 4 is 17.5 Å². The number of anilines is 1. The maximum Gasteiger partial charge on any atom is 0.251 e. The van der Waals surface area contributed by atoms with Crippen molar-refractivity contribution in [2.75, 3.05) is 5.32 Å². The molecule has 148 valence electrons. The van der Waals surface area contributed by atoms with E-state index in [1.807, 2.05) is 54.6 Å². The molecule has 0 fully saturated rings. The van der Waals surface area contributed by atoms with Crippen LogP contribution in [0.5, 0.6) is 0 Å². The third kappa shape index (κ3) is 5.75. The molecule has 1 atom stereocenters. The quantitative estimate of drug-likeness (QED) is 0.629. The van der Waals surface area contributed by atoms with Gasteiger partial charge in [-0.3, -0.25) is 9.59 Å². The molecule has 0 spiro atoms. The topological polar surface area (TPSA) is 58.2 Å². The molecule has 0 aliphatic carbocycles. The fourth-order valence-electron chi connectivity index (χ4n) is 2.96. The molecule has 0 radical (unpaired) electrons. The molecule has 3 aromatic rings. The molecule has 29 heavy (non-hydrogen) atoms. The SMILES string of the molecule is CCc1ccc(NC(=O)C(Cc2ccccc2)NC(=O)c2ccc(F)cc2)cc1. The highest BCUT2D eigenvalue weighted by molar-refractivity contribution is 6.01. The van der Waals surface area contributed by atoms with Gasteiger partial charge in [-0.25, -0.2) is 4.39 Å². The molecule has 4 nitrogen and oxygen atoms in total. The van der Waals surface area contributed by atoms with Gasteiger partial charge in [-0.2, -0.15) is 0 Å². The summed E-state index contributed by atoms with van der Waals surface area (Å²) in [5.74, 6) is -1.16. The first-order valence-electron chi connectivity index (χ1n) is 9.55. The molecule has 0 aliphatic heterocycles. The second-order valence-corrected chi connectivity index (χ2v) is 6.76. The van der Waals surface area contributed by atoms with Crippen molar-refractivity contribution in [2.24, 2.45) is 0 Å². The summed E-state index contributed by atoms with van der Waals surface area (Å²) in [7, 11) is 0. The van der Waals surface area contributed by atoms with Gasteiger partial charge in [-0.1, -0.05) is 49.4 Å². The van der Waals surface area contributed by atoms with Crippen molar-refractivity contribution in [2.45, 2.75) is 25.8 Å². The minimum Gasteiger partial charge on any atom is -0.340 e. The molecular formula is C24H23FN2O2. The predicted molar refractivity (Wildman–Crippen MR) is 112 cm³/mol. The average Bonchev–Trinajstić information content (AvgIpc) is 2.75. The number of benzene rings is 3. The van der Waals surface area contributed by atoms with E-state index in [4.69, 9.17) is 0 Å². The second kappa shape index (κ2) is 9.64. The van der Waals surface area contributed by atoms with E-state index in [0.29, 0.717) is 17.7 Å². The van der Waals surface area contributed by atoms with Crippen molar-refractivity contribution in [1.82, 2.24) is 5.32 Å². The Kier molecular flexibility index (Phi) is 6.74. The van der Waals surface area contributed by atoms with E-state index in [0.717, 1.165) is 12.0 Å². The highest BCUT2D eigenvalue weighted by Crippen LogP contribution is 2.12. The molecular weight excluding hydrogens is 367 g/mol. The van der Waals surface area contributed by atoms with Gasteiger partial charge in [0, 0.05) is 17.7 Å². The van der Waals surface area contributed by atoms with Crippen LogP contribution in [0.1, 0.15) is 28.4 Å². The van der Waals surface area contributed by atoms with Gasteiger partial charge in [-0.05, 0) is 53.9 Å². The first kappa shape index (κ1) is 20.3. The summed E-state index contributed by atoms with van der Waals surface area (Å²) >= 11 is 0. The van der Waals surface area contributed by atoms with Crippen LogP contribution in [0.3, 0.4) is 0 Å². The van der Waals surface area contributed by atoms with Crippen molar-refractivity contribution in [3.63, 3.8) is 0 Å². The highest BCUT2D eigenvalue weighted by atomic mass is 19.1. The minimum absolute atomic E-state index is 0.296. The lowest BCUT2D eigenvalue weighted by Gasteiger charge is -2.19. The molecule has 0 aromatic heterocycles. The monoisotopic (exact) mass is 390 g/mol. The second-order valence-electron chi connectivity index (χ2n) is 6.76. The van der Waals surface area contributed by atoms with E-state index in [2.05, 4.69) is 17.6 Å². The first-order chi connectivity index (χ1) is 14.0. The summed E-state index contributed by atoms with van der Waals surface area (Å²) < 4.78 is 13.1. The van der Waals surface area contributed by atoms with E-state index in [1.54, 1.807) is 0 Å². The summed E-state index contributed by atoms with van der Waals surface area (Å²) in [6.07, 6.45) is 1.26. The standard InChI is InChI=1S/C24H23FN2O2/c1-2-17-8-14-21(15-9-17)26-24(29)22(16-18-6-4-3-5-7-18)27-23(28)19-10-12-20(25)13-11-19/h3-15,22H,2,16H2,1H3,(H,26,29)(H,27,28). The summed E-state index contributed by atoms with van der Waals surface area (Å²) in [4.78, 5) is 25.5. The number of nitrogens with one attached hydrogen (secondary N) is 2. The van der Waals surface area contributed by atoms with Crippen LogP contribution < -0.4 is 10.6 Å². The maximum atomic E-state index is 13.1. The fourth-order valence-corrected chi connectivity index (χ4v) is 2.96. The van der Waals surface area contributed by atoms with Gasteiger partial charge in [0.25, 0.3) is 5.91 Å². The molecule has 0 heterocycles. The summed E-state index contributed by atoms with van der Waals surface area (Å²) in [6.45, 7) is 2.06. The van der Waals surface area contributed by atoms with Crippen LogP contribution in [-0.2, 0) is 17.6 Å². The number of rotatable bonds is 7. The van der Waals surface area contributed by atoms with Crippen LogP contribution in [0.2, 0.25) is 0 Å². The third-order valence-corrected chi connectivity index (χ3v) is 4.64. The van der Waals surface area contributed by atoms with Crippen molar-refractivity contribution in [3.8, 4) is 0 Å². The van der Waals surface area contributed by atoms with Gasteiger partial charge in [0.15, 0.2) is 0 Å². The number of carbonyl (C=O) groups excluding carboxylic acids is 2. The van der Waals surface area contributed by atoms with Crippen LogP contribution in [-0.4, -0.2) is 17.9 Å². The molecule has 2 amide bonds. The molecule has 2 N–H and O–H groups in total. The Labute approximate surface area is 169 Å². The van der Waals surface area contributed by atoms with Crippen LogP contribution >= 0.6 is 0 Å². The average molecular weight is 390 g/mol. The van der Waals surface area contributed by atoms with Crippen LogP contribution in [0.4, 0.5) is 10.1 Å². The van der Waals surface area contributed by atoms with Crippen molar-refractivity contribution in [3.05, 3.63) is 101 Å². The summed E-state index contributed by atoms with van der Waals surface area (Å²) in [5.41, 5.74) is 3.06. The Balaban J connectivity index is 1.76. The molecule has 0 saturated heterocycles. The zero-order valence-electron chi connectivity index (χ0n) is 16.2. The van der Waals surface area contributed by atoms with E-state index in [9.17, 15) is 14.0 Å². The number of carbonyl (C=O) groups is 2. The molecule has 3 rings (SSSR count). The molecule has 1 unspecified atom stereocenters. The zero-order valence-corrected chi connectivity index (χ0v) is 16.2. The van der Waals surface area contributed by atoms with Crippen LogP contribution in [0, 0.1) is 5.82 Å². The molecule has 0 aliphatic rings. The largest absolute Gasteiger partial charge is 0.340 e. The first-order valence-corrected chi connectivity index (χ1v) is 9.55. The Hall–Kier alpha value is -3.47. The smallest absolute Gasteiger partial charge is 0.251 e. The van der Waals surface area contributed by atoms with Crippen LogP contribution in [0.25, 0.3) is 0 Å². The van der Waals surface area contributed by atoms with Gasteiger partial charge in [0.2, 0.25) is 5.91 Å². The Morgan fingerprint density at radius 2 is 1.52 bits per heavy atom.